The second kappa shape index (κ2) is 8.58. The van der Waals surface area contributed by atoms with Crippen LogP contribution >= 0.6 is 0 Å². The van der Waals surface area contributed by atoms with E-state index in [2.05, 4.69) is 15.6 Å². The van der Waals surface area contributed by atoms with Gasteiger partial charge in [-0.1, -0.05) is 60.7 Å². The van der Waals surface area contributed by atoms with Crippen LogP contribution in [0, 0.1) is 0 Å². The largest absolute Gasteiger partial charge is 0.348 e. The summed E-state index contributed by atoms with van der Waals surface area (Å²) in [4.78, 5) is 29.0. The number of nitrogens with zero attached hydrogens (tertiary/aromatic N) is 1. The van der Waals surface area contributed by atoms with Crippen molar-refractivity contribution in [2.24, 2.45) is 0 Å². The Morgan fingerprint density at radius 2 is 1.23 bits per heavy atom. The molecule has 0 spiro atoms. The number of aromatic nitrogens is 1. The van der Waals surface area contributed by atoms with Crippen LogP contribution in [0.3, 0.4) is 0 Å². The first-order valence-electron chi connectivity index (χ1n) is 8.33. The number of benzene rings is 2. The van der Waals surface area contributed by atoms with Crippen molar-refractivity contribution >= 4 is 11.8 Å². The zero-order valence-electron chi connectivity index (χ0n) is 14.2. The Morgan fingerprint density at radius 1 is 0.692 bits per heavy atom. The van der Waals surface area contributed by atoms with Crippen molar-refractivity contribution in [3.05, 3.63) is 101 Å². The normalized spacial score (nSPS) is 10.2. The van der Waals surface area contributed by atoms with Gasteiger partial charge in [0.15, 0.2) is 0 Å². The fourth-order valence-electron chi connectivity index (χ4n) is 2.50. The summed E-state index contributed by atoms with van der Waals surface area (Å²) in [6.45, 7) is 0.765. The van der Waals surface area contributed by atoms with E-state index in [4.69, 9.17) is 0 Å². The molecule has 5 heteroatoms. The van der Waals surface area contributed by atoms with Crippen molar-refractivity contribution in [2.75, 3.05) is 0 Å². The molecule has 0 saturated carbocycles. The van der Waals surface area contributed by atoms with E-state index in [1.54, 1.807) is 12.1 Å². The lowest BCUT2D eigenvalue weighted by Gasteiger charge is -2.10. The van der Waals surface area contributed by atoms with E-state index in [-0.39, 0.29) is 23.1 Å². The summed E-state index contributed by atoms with van der Waals surface area (Å²) in [5.74, 6) is -0.703. The van der Waals surface area contributed by atoms with E-state index in [0.717, 1.165) is 11.1 Å². The van der Waals surface area contributed by atoms with Gasteiger partial charge >= 0.3 is 0 Å². The van der Waals surface area contributed by atoms with E-state index in [1.807, 2.05) is 60.7 Å². The summed E-state index contributed by atoms with van der Waals surface area (Å²) >= 11 is 0. The van der Waals surface area contributed by atoms with Crippen molar-refractivity contribution in [2.45, 2.75) is 13.1 Å². The molecule has 3 rings (SSSR count). The summed E-state index contributed by atoms with van der Waals surface area (Å²) in [5, 5.41) is 5.63. The van der Waals surface area contributed by atoms with Crippen LogP contribution < -0.4 is 10.6 Å². The number of hydrogen-bond donors (Lipinski definition) is 2. The third-order valence-corrected chi connectivity index (χ3v) is 3.86. The van der Waals surface area contributed by atoms with Gasteiger partial charge in [0, 0.05) is 19.3 Å². The van der Waals surface area contributed by atoms with Gasteiger partial charge in [0.2, 0.25) is 0 Å². The molecule has 0 aliphatic carbocycles. The van der Waals surface area contributed by atoms with E-state index in [0.29, 0.717) is 13.1 Å². The van der Waals surface area contributed by atoms with Crippen molar-refractivity contribution < 1.29 is 9.59 Å². The van der Waals surface area contributed by atoms with Gasteiger partial charge in [-0.3, -0.25) is 14.6 Å². The van der Waals surface area contributed by atoms with E-state index >= 15 is 0 Å². The molecule has 0 fully saturated rings. The fourth-order valence-corrected chi connectivity index (χ4v) is 2.50. The number of rotatable bonds is 6. The number of carbonyl (C=O) groups is 2. The second-order valence-electron chi connectivity index (χ2n) is 5.74. The molecule has 0 unspecified atom stereocenters. The molecular weight excluding hydrogens is 326 g/mol. The van der Waals surface area contributed by atoms with Gasteiger partial charge in [-0.2, -0.15) is 0 Å². The molecule has 130 valence electrons. The molecule has 0 aliphatic rings. The first-order valence-corrected chi connectivity index (χ1v) is 8.33. The van der Waals surface area contributed by atoms with Gasteiger partial charge in [0.05, 0.1) is 5.56 Å². The fraction of sp³-hybridized carbons (Fsp3) is 0.0952. The lowest BCUT2D eigenvalue weighted by molar-refractivity contribution is 0.0912. The van der Waals surface area contributed by atoms with Crippen LogP contribution in [0.5, 0.6) is 0 Å². The minimum Gasteiger partial charge on any atom is -0.348 e. The maximum atomic E-state index is 12.5. The molecule has 0 saturated heterocycles. The number of nitrogens with one attached hydrogen (secondary N) is 2. The zero-order valence-corrected chi connectivity index (χ0v) is 14.2. The van der Waals surface area contributed by atoms with Gasteiger partial charge in [-0.25, -0.2) is 0 Å². The first-order chi connectivity index (χ1) is 12.7. The summed E-state index contributed by atoms with van der Waals surface area (Å²) in [7, 11) is 0. The smallest absolute Gasteiger partial charge is 0.270 e. The highest BCUT2D eigenvalue weighted by atomic mass is 16.2. The Hall–Kier alpha value is -3.47. The Balaban J connectivity index is 1.66. The van der Waals surface area contributed by atoms with Gasteiger partial charge in [0.25, 0.3) is 11.8 Å². The predicted molar refractivity (Wildman–Crippen MR) is 99.5 cm³/mol. The third-order valence-electron chi connectivity index (χ3n) is 3.86. The molecule has 0 aliphatic heterocycles. The molecule has 0 atom stereocenters. The molecular formula is C21H19N3O2. The minimum atomic E-state index is -0.376. The Labute approximate surface area is 152 Å². The number of hydrogen-bond acceptors (Lipinski definition) is 3. The summed E-state index contributed by atoms with van der Waals surface area (Å²) < 4.78 is 0. The van der Waals surface area contributed by atoms with Crippen LogP contribution in [0.15, 0.2) is 79.0 Å². The monoisotopic (exact) mass is 345 g/mol. The quantitative estimate of drug-likeness (QED) is 0.721. The minimum absolute atomic E-state index is 0.119. The maximum Gasteiger partial charge on any atom is 0.270 e. The lowest BCUT2D eigenvalue weighted by atomic mass is 10.1. The SMILES string of the molecule is O=C(NCc1ccccc1)c1cccnc1C(=O)NCc1ccccc1. The van der Waals surface area contributed by atoms with Crippen molar-refractivity contribution in [3.63, 3.8) is 0 Å². The van der Waals surface area contributed by atoms with Gasteiger partial charge in [-0.15, -0.1) is 0 Å². The predicted octanol–water partition coefficient (Wildman–Crippen LogP) is 2.94. The van der Waals surface area contributed by atoms with Crippen LogP contribution in [0.4, 0.5) is 0 Å². The highest BCUT2D eigenvalue weighted by Gasteiger charge is 2.17. The Bertz CT molecular complexity index is 806. The summed E-state index contributed by atoms with van der Waals surface area (Å²) in [6.07, 6.45) is 1.51. The molecule has 2 amide bonds. The topological polar surface area (TPSA) is 71.1 Å². The summed E-state index contributed by atoms with van der Waals surface area (Å²) in [5.41, 5.74) is 2.34. The van der Waals surface area contributed by atoms with Crippen LogP contribution in [0.2, 0.25) is 0 Å². The van der Waals surface area contributed by atoms with Gasteiger partial charge in [0.1, 0.15) is 5.69 Å². The van der Waals surface area contributed by atoms with Crippen molar-refractivity contribution in [1.29, 1.82) is 0 Å². The molecule has 1 heterocycles. The molecule has 5 nitrogen and oxygen atoms in total. The standard InChI is InChI=1S/C21H19N3O2/c25-20(23-14-16-8-3-1-4-9-16)18-12-7-13-22-19(18)21(26)24-15-17-10-5-2-6-11-17/h1-13H,14-15H2,(H,23,25)(H,24,26). The highest BCUT2D eigenvalue weighted by molar-refractivity contribution is 6.05. The Kier molecular flexibility index (Phi) is 5.72. The molecule has 2 aromatic carbocycles. The molecule has 0 bridgehead atoms. The second-order valence-corrected chi connectivity index (χ2v) is 5.74. The first kappa shape index (κ1) is 17.4. The maximum absolute atomic E-state index is 12.5. The van der Waals surface area contributed by atoms with Crippen LogP contribution in [0.1, 0.15) is 32.0 Å². The van der Waals surface area contributed by atoms with Crippen LogP contribution in [-0.4, -0.2) is 16.8 Å². The van der Waals surface area contributed by atoms with Crippen LogP contribution in [0.25, 0.3) is 0 Å². The molecule has 2 N–H and O–H groups in total. The molecule has 26 heavy (non-hydrogen) atoms. The summed E-state index contributed by atoms with van der Waals surface area (Å²) in [6, 6.07) is 22.4. The average molecular weight is 345 g/mol. The van der Waals surface area contributed by atoms with Gasteiger partial charge < -0.3 is 10.6 Å². The number of amides is 2. The lowest BCUT2D eigenvalue weighted by Crippen LogP contribution is -2.30. The highest BCUT2D eigenvalue weighted by Crippen LogP contribution is 2.07. The average Bonchev–Trinajstić information content (AvgIpc) is 2.72. The van der Waals surface area contributed by atoms with E-state index < -0.39 is 0 Å². The number of carbonyl (C=O) groups excluding carboxylic acids is 2. The third kappa shape index (κ3) is 4.54. The molecule has 0 radical (unpaired) electrons. The van der Waals surface area contributed by atoms with Crippen molar-refractivity contribution in [3.8, 4) is 0 Å². The van der Waals surface area contributed by atoms with E-state index in [1.165, 1.54) is 6.20 Å². The van der Waals surface area contributed by atoms with Crippen molar-refractivity contribution in [1.82, 2.24) is 15.6 Å². The molecule has 1 aromatic heterocycles. The zero-order chi connectivity index (χ0) is 18.2. The molecule has 3 aromatic rings. The van der Waals surface area contributed by atoms with Crippen LogP contribution in [-0.2, 0) is 13.1 Å². The Morgan fingerprint density at radius 3 is 1.81 bits per heavy atom. The number of pyridine rings is 1. The van der Waals surface area contributed by atoms with E-state index in [9.17, 15) is 9.59 Å². The van der Waals surface area contributed by atoms with Gasteiger partial charge in [-0.05, 0) is 23.3 Å².